The maximum atomic E-state index is 13.0. The Balaban J connectivity index is 1.78. The number of benzene rings is 1. The third-order valence-corrected chi connectivity index (χ3v) is 5.76. The maximum absolute atomic E-state index is 13.0. The number of amides is 3. The average Bonchev–Trinajstić information content (AvgIpc) is 2.73. The molecule has 0 aliphatic carbocycles. The second kappa shape index (κ2) is 9.35. The van der Waals surface area contributed by atoms with E-state index >= 15 is 0 Å². The molecule has 10 nitrogen and oxygen atoms in total. The van der Waals surface area contributed by atoms with Gasteiger partial charge in [-0.2, -0.15) is 0 Å². The zero-order valence-electron chi connectivity index (χ0n) is 17.7. The minimum absolute atomic E-state index is 0.113. The highest BCUT2D eigenvalue weighted by atomic mass is 32.2. The summed E-state index contributed by atoms with van der Waals surface area (Å²) in [5.74, 6) is -2.03. The number of anilines is 2. The first kappa shape index (κ1) is 23.2. The summed E-state index contributed by atoms with van der Waals surface area (Å²) in [5, 5.41) is 2.48. The molecule has 1 aliphatic rings. The molecule has 3 amide bonds. The summed E-state index contributed by atoms with van der Waals surface area (Å²) in [7, 11) is -3.40. The Bertz CT molecular complexity index is 1130. The van der Waals surface area contributed by atoms with Crippen LogP contribution in [0.3, 0.4) is 0 Å². The van der Waals surface area contributed by atoms with Gasteiger partial charge in [0.25, 0.3) is 0 Å². The third-order valence-electron chi connectivity index (χ3n) is 5.15. The zero-order valence-corrected chi connectivity index (χ0v) is 18.6. The van der Waals surface area contributed by atoms with E-state index in [0.717, 1.165) is 18.2 Å². The van der Waals surface area contributed by atoms with Crippen LogP contribution in [0.25, 0.3) is 0 Å². The molecule has 1 aromatic carbocycles. The molecule has 32 heavy (non-hydrogen) atoms. The highest BCUT2D eigenvalue weighted by Gasteiger charge is 2.34. The van der Waals surface area contributed by atoms with Crippen molar-refractivity contribution in [1.29, 1.82) is 0 Å². The number of pyridine rings is 1. The van der Waals surface area contributed by atoms with E-state index in [2.05, 4.69) is 15.0 Å². The molecule has 0 spiro atoms. The predicted molar refractivity (Wildman–Crippen MR) is 119 cm³/mol. The molecular formula is C21H25N5O5S. The van der Waals surface area contributed by atoms with Crippen molar-refractivity contribution in [3.63, 3.8) is 0 Å². The van der Waals surface area contributed by atoms with Crippen molar-refractivity contribution in [3.8, 4) is 0 Å². The number of sulfonamides is 1. The van der Waals surface area contributed by atoms with Crippen LogP contribution in [0.1, 0.15) is 41.7 Å². The van der Waals surface area contributed by atoms with Gasteiger partial charge in [0.2, 0.25) is 15.9 Å². The van der Waals surface area contributed by atoms with E-state index in [4.69, 9.17) is 5.73 Å². The summed E-state index contributed by atoms with van der Waals surface area (Å²) in [6, 6.07) is 7.76. The highest BCUT2D eigenvalue weighted by Crippen LogP contribution is 2.34. The van der Waals surface area contributed by atoms with Crippen molar-refractivity contribution in [2.75, 3.05) is 22.8 Å². The number of nitrogens with zero attached hydrogens (tertiary/aromatic N) is 2. The summed E-state index contributed by atoms with van der Waals surface area (Å²) >= 11 is 0. The third kappa shape index (κ3) is 5.82. The lowest BCUT2D eigenvalue weighted by atomic mass is 9.89. The quantitative estimate of drug-likeness (QED) is 0.576. The molecule has 2 heterocycles. The fourth-order valence-electron chi connectivity index (χ4n) is 3.67. The van der Waals surface area contributed by atoms with E-state index in [1.165, 1.54) is 23.4 Å². The van der Waals surface area contributed by atoms with E-state index in [1.54, 1.807) is 24.3 Å². The van der Waals surface area contributed by atoms with Crippen LogP contribution in [0, 0.1) is 5.92 Å². The second-order valence-corrected chi connectivity index (χ2v) is 9.68. The Hall–Kier alpha value is -3.47. The summed E-state index contributed by atoms with van der Waals surface area (Å²) in [6.07, 6.45) is 5.20. The molecule has 1 unspecified atom stereocenters. The van der Waals surface area contributed by atoms with Gasteiger partial charge in [-0.15, -0.1) is 0 Å². The molecule has 11 heteroatoms. The average molecular weight is 460 g/mol. The van der Waals surface area contributed by atoms with Gasteiger partial charge >= 0.3 is 11.8 Å². The molecule has 2 aromatic rings. The largest absolute Gasteiger partial charge is 0.366 e. The predicted octanol–water partition coefficient (Wildman–Crippen LogP) is 1.49. The molecule has 1 aliphatic heterocycles. The fraction of sp³-hybridized carbons (Fsp3) is 0.333. The molecule has 170 valence electrons. The number of primary amides is 1. The van der Waals surface area contributed by atoms with Gasteiger partial charge in [0.15, 0.2) is 0 Å². The number of carbonyl (C=O) groups excluding carboxylic acids is 3. The van der Waals surface area contributed by atoms with E-state index in [1.807, 2.05) is 6.92 Å². The van der Waals surface area contributed by atoms with Crippen LogP contribution >= 0.6 is 0 Å². The number of rotatable bonds is 5. The molecule has 1 fully saturated rings. The van der Waals surface area contributed by atoms with Gasteiger partial charge in [-0.1, -0.05) is 19.1 Å². The first-order valence-electron chi connectivity index (χ1n) is 9.98. The molecule has 4 N–H and O–H groups in total. The van der Waals surface area contributed by atoms with Crippen molar-refractivity contribution >= 4 is 39.1 Å². The molecule has 1 saturated heterocycles. The number of hydrogen-bond donors (Lipinski definition) is 3. The number of nitrogens with one attached hydrogen (secondary N) is 2. The number of likely N-dealkylation sites (tertiary alicyclic amines) is 1. The first-order valence-corrected chi connectivity index (χ1v) is 11.9. The van der Waals surface area contributed by atoms with Gasteiger partial charge < -0.3 is 16.0 Å². The zero-order chi connectivity index (χ0) is 23.5. The standard InChI is InChI=1S/C21H25N5O5S/c1-13-3-8-18(14-4-6-16(7-5-14)25-32(2,30)31)26(12-13)21(29)20(28)24-17-9-15(19(22)27)10-23-11-17/h4-7,9-11,13,18,25H,3,8,12H2,1-2H3,(H2,22,27)(H,24,28)/t13-,18?/m0/s1. The minimum Gasteiger partial charge on any atom is -0.366 e. The van der Waals surface area contributed by atoms with Crippen LogP contribution < -0.4 is 15.8 Å². The van der Waals surface area contributed by atoms with Crippen molar-refractivity contribution in [1.82, 2.24) is 9.88 Å². The number of aromatic nitrogens is 1. The van der Waals surface area contributed by atoms with E-state index in [-0.39, 0.29) is 23.2 Å². The second-order valence-electron chi connectivity index (χ2n) is 7.93. The lowest BCUT2D eigenvalue weighted by molar-refractivity contribution is -0.146. The van der Waals surface area contributed by atoms with Crippen LogP contribution in [0.5, 0.6) is 0 Å². The Morgan fingerprint density at radius 1 is 1.09 bits per heavy atom. The number of carbonyl (C=O) groups is 3. The normalized spacial score (nSPS) is 18.6. The summed E-state index contributed by atoms with van der Waals surface area (Å²) < 4.78 is 25.2. The maximum Gasteiger partial charge on any atom is 0.313 e. The van der Waals surface area contributed by atoms with E-state index in [9.17, 15) is 22.8 Å². The van der Waals surface area contributed by atoms with Gasteiger partial charge in [-0.05, 0) is 42.5 Å². The number of hydrogen-bond acceptors (Lipinski definition) is 6. The van der Waals surface area contributed by atoms with E-state index < -0.39 is 27.7 Å². The Kier molecular flexibility index (Phi) is 6.78. The van der Waals surface area contributed by atoms with Crippen LogP contribution in [-0.2, 0) is 19.6 Å². The summed E-state index contributed by atoms with van der Waals surface area (Å²) in [6.45, 7) is 2.41. The molecule has 2 atom stereocenters. The van der Waals surface area contributed by atoms with Gasteiger partial charge in [-0.3, -0.25) is 24.1 Å². The molecular weight excluding hydrogens is 434 g/mol. The number of piperidine rings is 1. The smallest absolute Gasteiger partial charge is 0.313 e. The molecule has 0 bridgehead atoms. The fourth-order valence-corrected chi connectivity index (χ4v) is 4.23. The Labute approximate surface area is 186 Å². The van der Waals surface area contributed by atoms with Gasteiger partial charge in [0.1, 0.15) is 0 Å². The summed E-state index contributed by atoms with van der Waals surface area (Å²) in [5.41, 5.74) is 6.75. The van der Waals surface area contributed by atoms with Crippen LogP contribution in [0.15, 0.2) is 42.7 Å². The van der Waals surface area contributed by atoms with Crippen molar-refractivity contribution in [2.45, 2.75) is 25.8 Å². The van der Waals surface area contributed by atoms with Crippen molar-refractivity contribution in [3.05, 3.63) is 53.9 Å². The van der Waals surface area contributed by atoms with Gasteiger partial charge in [0.05, 0.1) is 29.7 Å². The first-order chi connectivity index (χ1) is 15.0. The lowest BCUT2D eigenvalue weighted by Crippen LogP contribution is -2.46. The topological polar surface area (TPSA) is 152 Å². The van der Waals surface area contributed by atoms with Gasteiger partial charge in [-0.25, -0.2) is 8.42 Å². The van der Waals surface area contributed by atoms with Crippen molar-refractivity contribution < 1.29 is 22.8 Å². The summed E-state index contributed by atoms with van der Waals surface area (Å²) in [4.78, 5) is 42.4. The van der Waals surface area contributed by atoms with Crippen molar-refractivity contribution in [2.24, 2.45) is 11.7 Å². The molecule has 1 aromatic heterocycles. The van der Waals surface area contributed by atoms with E-state index in [0.29, 0.717) is 18.7 Å². The Morgan fingerprint density at radius 3 is 2.41 bits per heavy atom. The highest BCUT2D eigenvalue weighted by molar-refractivity contribution is 7.92. The minimum atomic E-state index is -3.40. The van der Waals surface area contributed by atoms with Crippen LogP contribution in [-0.4, -0.2) is 48.8 Å². The Morgan fingerprint density at radius 2 is 1.78 bits per heavy atom. The SMILES string of the molecule is C[C@H]1CCC(c2ccc(NS(C)(=O)=O)cc2)N(C(=O)C(=O)Nc2cncc(C(N)=O)c2)C1. The monoisotopic (exact) mass is 459 g/mol. The molecule has 3 rings (SSSR count). The molecule has 0 radical (unpaired) electrons. The number of nitrogens with two attached hydrogens (primary N) is 1. The molecule has 0 saturated carbocycles. The van der Waals surface area contributed by atoms with Crippen LogP contribution in [0.2, 0.25) is 0 Å². The van der Waals surface area contributed by atoms with Gasteiger partial charge in [0, 0.05) is 18.4 Å². The van der Waals surface area contributed by atoms with Crippen LogP contribution in [0.4, 0.5) is 11.4 Å². The lowest BCUT2D eigenvalue weighted by Gasteiger charge is -2.38.